The molecule has 0 bridgehead atoms. The summed E-state index contributed by atoms with van der Waals surface area (Å²) in [6, 6.07) is 7.82. The van der Waals surface area contributed by atoms with E-state index in [4.69, 9.17) is 4.42 Å². The number of piperazine rings is 1. The summed E-state index contributed by atoms with van der Waals surface area (Å²) in [5, 5.41) is 8.33. The van der Waals surface area contributed by atoms with Crippen molar-refractivity contribution in [2.75, 3.05) is 45.8 Å². The molecule has 0 unspecified atom stereocenters. The zero-order chi connectivity index (χ0) is 19.2. The van der Waals surface area contributed by atoms with Crippen LogP contribution in [0.5, 0.6) is 0 Å². The van der Waals surface area contributed by atoms with Gasteiger partial charge in [0.1, 0.15) is 0 Å². The van der Waals surface area contributed by atoms with E-state index >= 15 is 0 Å². The maximum Gasteiger partial charge on any atom is 0.247 e. The molecule has 0 N–H and O–H groups in total. The topological polar surface area (TPSA) is 65.7 Å². The van der Waals surface area contributed by atoms with E-state index in [1.54, 1.807) is 0 Å². The Labute approximate surface area is 168 Å². The van der Waals surface area contributed by atoms with Crippen LogP contribution in [0, 0.1) is 0 Å². The summed E-state index contributed by atoms with van der Waals surface area (Å²) in [4.78, 5) is 18.6. The van der Waals surface area contributed by atoms with E-state index in [1.807, 2.05) is 43.0 Å². The molecule has 0 saturated carbocycles. The van der Waals surface area contributed by atoms with Crippen molar-refractivity contribution in [1.82, 2.24) is 24.9 Å². The molecular weight excluding hydrogens is 410 g/mol. The summed E-state index contributed by atoms with van der Waals surface area (Å²) in [7, 11) is 0. The standard InChI is InChI=1S/C19H26BrN5O2/c1-3-25(4-2)18(26)14-24-11-9-23(10-12-24)13-17-21-22-19(27-17)15-5-7-16(20)8-6-15/h5-8H,3-4,9-14H2,1-2H3. The number of benzene rings is 1. The first-order valence-corrected chi connectivity index (χ1v) is 10.2. The van der Waals surface area contributed by atoms with Crippen LogP contribution in [0.3, 0.4) is 0 Å². The molecule has 2 aromatic rings. The van der Waals surface area contributed by atoms with Gasteiger partial charge in [-0.15, -0.1) is 10.2 Å². The Balaban J connectivity index is 1.48. The highest BCUT2D eigenvalue weighted by Crippen LogP contribution is 2.21. The van der Waals surface area contributed by atoms with Crippen LogP contribution in [0.4, 0.5) is 0 Å². The summed E-state index contributed by atoms with van der Waals surface area (Å²) in [6.07, 6.45) is 0. The van der Waals surface area contributed by atoms with Crippen LogP contribution in [0.25, 0.3) is 11.5 Å². The smallest absolute Gasteiger partial charge is 0.247 e. The monoisotopic (exact) mass is 435 g/mol. The molecule has 1 aromatic heterocycles. The zero-order valence-corrected chi connectivity index (χ0v) is 17.5. The van der Waals surface area contributed by atoms with E-state index in [1.165, 1.54) is 0 Å². The summed E-state index contributed by atoms with van der Waals surface area (Å²) >= 11 is 3.42. The lowest BCUT2D eigenvalue weighted by atomic mass is 10.2. The van der Waals surface area contributed by atoms with Gasteiger partial charge in [0.05, 0.1) is 13.1 Å². The number of hydrogen-bond donors (Lipinski definition) is 0. The van der Waals surface area contributed by atoms with E-state index in [0.717, 1.165) is 49.3 Å². The summed E-state index contributed by atoms with van der Waals surface area (Å²) in [5.74, 6) is 1.38. The lowest BCUT2D eigenvalue weighted by Crippen LogP contribution is -2.49. The van der Waals surface area contributed by atoms with Crippen LogP contribution in [0.1, 0.15) is 19.7 Å². The first-order valence-electron chi connectivity index (χ1n) is 9.39. The van der Waals surface area contributed by atoms with Crippen LogP contribution in [0.15, 0.2) is 33.2 Å². The number of likely N-dealkylation sites (N-methyl/N-ethyl adjacent to an activating group) is 1. The quantitative estimate of drug-likeness (QED) is 0.665. The first-order chi connectivity index (χ1) is 13.1. The first kappa shape index (κ1) is 20.0. The minimum Gasteiger partial charge on any atom is -0.419 e. The minimum atomic E-state index is 0.212. The second kappa shape index (κ2) is 9.43. The Bertz CT molecular complexity index is 737. The van der Waals surface area contributed by atoms with Crippen LogP contribution >= 0.6 is 15.9 Å². The highest BCUT2D eigenvalue weighted by molar-refractivity contribution is 9.10. The van der Waals surface area contributed by atoms with Gasteiger partial charge in [-0.25, -0.2) is 0 Å². The molecule has 3 rings (SSSR count). The average molecular weight is 436 g/mol. The fourth-order valence-corrected chi connectivity index (χ4v) is 3.46. The molecule has 146 valence electrons. The van der Waals surface area contributed by atoms with Gasteiger partial charge in [-0.2, -0.15) is 0 Å². The van der Waals surface area contributed by atoms with Gasteiger partial charge in [0.15, 0.2) is 0 Å². The zero-order valence-electron chi connectivity index (χ0n) is 15.9. The number of hydrogen-bond acceptors (Lipinski definition) is 6. The number of rotatable bonds is 7. The van der Waals surface area contributed by atoms with Gasteiger partial charge in [0, 0.05) is 49.3 Å². The molecule has 1 saturated heterocycles. The number of amides is 1. The summed E-state index contributed by atoms with van der Waals surface area (Å²) in [6.45, 7) is 10.3. The van der Waals surface area contributed by atoms with E-state index in [-0.39, 0.29) is 5.91 Å². The van der Waals surface area contributed by atoms with Crippen LogP contribution < -0.4 is 0 Å². The SMILES string of the molecule is CCN(CC)C(=O)CN1CCN(Cc2nnc(-c3ccc(Br)cc3)o2)CC1. The van der Waals surface area contributed by atoms with Crippen molar-refractivity contribution in [3.05, 3.63) is 34.6 Å². The third-order valence-corrected chi connectivity index (χ3v) is 5.39. The van der Waals surface area contributed by atoms with Gasteiger partial charge < -0.3 is 9.32 Å². The maximum atomic E-state index is 12.2. The van der Waals surface area contributed by atoms with E-state index in [0.29, 0.717) is 24.9 Å². The van der Waals surface area contributed by atoms with Gasteiger partial charge in [-0.05, 0) is 38.1 Å². The molecule has 0 radical (unpaired) electrons. The van der Waals surface area contributed by atoms with Gasteiger partial charge >= 0.3 is 0 Å². The van der Waals surface area contributed by atoms with Gasteiger partial charge in [0.25, 0.3) is 0 Å². The normalized spacial score (nSPS) is 15.8. The molecule has 0 spiro atoms. The number of carbonyl (C=O) groups is 1. The van der Waals surface area contributed by atoms with Gasteiger partial charge in [0.2, 0.25) is 17.7 Å². The summed E-state index contributed by atoms with van der Waals surface area (Å²) in [5.41, 5.74) is 0.914. The third kappa shape index (κ3) is 5.37. The van der Waals surface area contributed by atoms with Crippen LogP contribution in [-0.2, 0) is 11.3 Å². The number of carbonyl (C=O) groups excluding carboxylic acids is 1. The Hall–Kier alpha value is -1.77. The number of aromatic nitrogens is 2. The molecule has 0 aliphatic carbocycles. The van der Waals surface area contributed by atoms with E-state index < -0.39 is 0 Å². The predicted octanol–water partition coefficient (Wildman–Crippen LogP) is 2.49. The molecule has 1 aromatic carbocycles. The Kier molecular flexibility index (Phi) is 6.98. The van der Waals surface area contributed by atoms with E-state index in [2.05, 4.69) is 35.9 Å². The fourth-order valence-electron chi connectivity index (χ4n) is 3.19. The van der Waals surface area contributed by atoms with E-state index in [9.17, 15) is 4.79 Å². The molecule has 1 aliphatic rings. The van der Waals surface area contributed by atoms with Crippen LogP contribution in [0.2, 0.25) is 0 Å². The Morgan fingerprint density at radius 3 is 2.33 bits per heavy atom. The molecule has 0 atom stereocenters. The van der Waals surface area contributed by atoms with Crippen molar-refractivity contribution in [3.63, 3.8) is 0 Å². The van der Waals surface area contributed by atoms with Crippen molar-refractivity contribution in [1.29, 1.82) is 0 Å². The molecule has 8 heteroatoms. The highest BCUT2D eigenvalue weighted by Gasteiger charge is 2.22. The Morgan fingerprint density at radius 2 is 1.70 bits per heavy atom. The van der Waals surface area contributed by atoms with Crippen molar-refractivity contribution in [2.45, 2.75) is 20.4 Å². The average Bonchev–Trinajstić information content (AvgIpc) is 3.13. The fraction of sp³-hybridized carbons (Fsp3) is 0.526. The lowest BCUT2D eigenvalue weighted by Gasteiger charge is -2.34. The summed E-state index contributed by atoms with van der Waals surface area (Å²) < 4.78 is 6.83. The largest absolute Gasteiger partial charge is 0.419 e. The van der Waals surface area contributed by atoms with Crippen molar-refractivity contribution in [3.8, 4) is 11.5 Å². The van der Waals surface area contributed by atoms with Gasteiger partial charge in [-0.3, -0.25) is 14.6 Å². The second-order valence-corrected chi connectivity index (χ2v) is 7.54. The maximum absolute atomic E-state index is 12.2. The molecule has 2 heterocycles. The number of halogens is 1. The van der Waals surface area contributed by atoms with Crippen molar-refractivity contribution in [2.24, 2.45) is 0 Å². The molecule has 27 heavy (non-hydrogen) atoms. The predicted molar refractivity (Wildman–Crippen MR) is 107 cm³/mol. The second-order valence-electron chi connectivity index (χ2n) is 6.63. The van der Waals surface area contributed by atoms with Crippen molar-refractivity contribution >= 4 is 21.8 Å². The molecule has 7 nitrogen and oxygen atoms in total. The lowest BCUT2D eigenvalue weighted by molar-refractivity contribution is -0.132. The van der Waals surface area contributed by atoms with Crippen molar-refractivity contribution < 1.29 is 9.21 Å². The highest BCUT2D eigenvalue weighted by atomic mass is 79.9. The Morgan fingerprint density at radius 1 is 1.07 bits per heavy atom. The molecule has 1 fully saturated rings. The van der Waals surface area contributed by atoms with Crippen LogP contribution in [-0.4, -0.2) is 76.6 Å². The molecule has 1 amide bonds. The number of nitrogens with zero attached hydrogens (tertiary/aromatic N) is 5. The van der Waals surface area contributed by atoms with Gasteiger partial charge in [-0.1, -0.05) is 15.9 Å². The third-order valence-electron chi connectivity index (χ3n) is 4.86. The molecular formula is C19H26BrN5O2. The molecule has 1 aliphatic heterocycles. The minimum absolute atomic E-state index is 0.212.